The molecular formula is C16H25N3O. The predicted molar refractivity (Wildman–Crippen MR) is 82.2 cm³/mol. The van der Waals surface area contributed by atoms with Crippen LogP contribution < -0.4 is 4.90 Å². The molecule has 110 valence electrons. The van der Waals surface area contributed by atoms with Gasteiger partial charge in [0.05, 0.1) is 13.2 Å². The zero-order valence-electron chi connectivity index (χ0n) is 12.4. The third-order valence-electron chi connectivity index (χ3n) is 4.33. The Bertz CT molecular complexity index is 423. The van der Waals surface area contributed by atoms with E-state index < -0.39 is 0 Å². The van der Waals surface area contributed by atoms with Crippen LogP contribution in [0, 0.1) is 0 Å². The number of likely N-dealkylation sites (N-methyl/N-ethyl adjacent to an activating group) is 1. The van der Waals surface area contributed by atoms with Gasteiger partial charge in [0.25, 0.3) is 0 Å². The summed E-state index contributed by atoms with van der Waals surface area (Å²) >= 11 is 0. The number of piperazine rings is 1. The maximum absolute atomic E-state index is 5.44. The molecular weight excluding hydrogens is 250 g/mol. The van der Waals surface area contributed by atoms with Crippen molar-refractivity contribution in [1.29, 1.82) is 0 Å². The topological polar surface area (TPSA) is 19.0 Å². The Kier molecular flexibility index (Phi) is 4.55. The van der Waals surface area contributed by atoms with E-state index in [9.17, 15) is 0 Å². The third kappa shape index (κ3) is 3.32. The highest BCUT2D eigenvalue weighted by atomic mass is 16.5. The van der Waals surface area contributed by atoms with Crippen LogP contribution >= 0.6 is 0 Å². The van der Waals surface area contributed by atoms with Crippen molar-refractivity contribution >= 4 is 5.69 Å². The smallest absolute Gasteiger partial charge is 0.0594 e. The fraction of sp³-hybridized carbons (Fsp3) is 0.625. The Balaban J connectivity index is 1.70. The number of rotatable bonds is 3. The molecule has 1 aromatic carbocycles. The van der Waals surface area contributed by atoms with E-state index >= 15 is 0 Å². The summed E-state index contributed by atoms with van der Waals surface area (Å²) in [6.45, 7) is 9.48. The van der Waals surface area contributed by atoms with Crippen molar-refractivity contribution in [3.8, 4) is 0 Å². The quantitative estimate of drug-likeness (QED) is 0.827. The number of nitrogens with zero attached hydrogens (tertiary/aromatic N) is 3. The standard InChI is InChI=1S/C16H25N3O/c1-17-6-8-19(9-7-17)16-5-3-2-4-15(16)14-18-10-12-20-13-11-18/h2-5H,6-14H2,1H3. The molecule has 0 amide bonds. The van der Waals surface area contributed by atoms with E-state index in [-0.39, 0.29) is 0 Å². The van der Waals surface area contributed by atoms with Gasteiger partial charge in [0.15, 0.2) is 0 Å². The van der Waals surface area contributed by atoms with Gasteiger partial charge in [0.2, 0.25) is 0 Å². The minimum absolute atomic E-state index is 0.872. The van der Waals surface area contributed by atoms with Crippen molar-refractivity contribution in [2.24, 2.45) is 0 Å². The van der Waals surface area contributed by atoms with E-state index in [2.05, 4.69) is 46.0 Å². The average molecular weight is 275 g/mol. The number of anilines is 1. The van der Waals surface area contributed by atoms with Gasteiger partial charge >= 0.3 is 0 Å². The monoisotopic (exact) mass is 275 g/mol. The molecule has 0 aliphatic carbocycles. The Labute approximate surface area is 121 Å². The summed E-state index contributed by atoms with van der Waals surface area (Å²) in [7, 11) is 2.21. The van der Waals surface area contributed by atoms with Crippen LogP contribution in [0.4, 0.5) is 5.69 Å². The molecule has 20 heavy (non-hydrogen) atoms. The second-order valence-corrected chi connectivity index (χ2v) is 5.81. The highest BCUT2D eigenvalue weighted by Gasteiger charge is 2.18. The first-order valence-corrected chi connectivity index (χ1v) is 7.64. The Morgan fingerprint density at radius 1 is 0.950 bits per heavy atom. The summed E-state index contributed by atoms with van der Waals surface area (Å²) in [5.41, 5.74) is 2.88. The lowest BCUT2D eigenvalue weighted by Gasteiger charge is -2.36. The van der Waals surface area contributed by atoms with Crippen LogP contribution in [0.25, 0.3) is 0 Å². The van der Waals surface area contributed by atoms with Gasteiger partial charge in [-0.2, -0.15) is 0 Å². The molecule has 2 fully saturated rings. The van der Waals surface area contributed by atoms with Crippen molar-refractivity contribution in [1.82, 2.24) is 9.80 Å². The summed E-state index contributed by atoms with van der Waals surface area (Å²) in [4.78, 5) is 7.44. The van der Waals surface area contributed by atoms with Gasteiger partial charge in [-0.1, -0.05) is 18.2 Å². The second-order valence-electron chi connectivity index (χ2n) is 5.81. The highest BCUT2D eigenvalue weighted by molar-refractivity contribution is 5.54. The van der Waals surface area contributed by atoms with Gasteiger partial charge in [-0.05, 0) is 18.7 Å². The molecule has 2 aliphatic heterocycles. The van der Waals surface area contributed by atoms with Gasteiger partial charge < -0.3 is 14.5 Å². The minimum atomic E-state index is 0.872. The van der Waals surface area contributed by atoms with Gasteiger partial charge in [-0.3, -0.25) is 4.90 Å². The minimum Gasteiger partial charge on any atom is -0.379 e. The fourth-order valence-electron chi connectivity index (χ4n) is 3.00. The fourth-order valence-corrected chi connectivity index (χ4v) is 3.00. The average Bonchev–Trinajstić information content (AvgIpc) is 2.50. The number of morpholine rings is 1. The maximum atomic E-state index is 5.44. The van der Waals surface area contributed by atoms with E-state index in [1.54, 1.807) is 0 Å². The second kappa shape index (κ2) is 6.57. The van der Waals surface area contributed by atoms with Crippen LogP contribution in [0.5, 0.6) is 0 Å². The molecule has 0 spiro atoms. The van der Waals surface area contributed by atoms with Crippen LogP contribution in [0.15, 0.2) is 24.3 Å². The number of para-hydroxylation sites is 1. The van der Waals surface area contributed by atoms with Crippen molar-refractivity contribution in [3.63, 3.8) is 0 Å². The van der Waals surface area contributed by atoms with E-state index in [1.165, 1.54) is 11.3 Å². The van der Waals surface area contributed by atoms with E-state index in [0.717, 1.165) is 59.0 Å². The Morgan fingerprint density at radius 2 is 1.65 bits per heavy atom. The van der Waals surface area contributed by atoms with E-state index in [4.69, 9.17) is 4.74 Å². The third-order valence-corrected chi connectivity index (χ3v) is 4.33. The van der Waals surface area contributed by atoms with Crippen LogP contribution in [0.1, 0.15) is 5.56 Å². The zero-order valence-corrected chi connectivity index (χ0v) is 12.4. The van der Waals surface area contributed by atoms with Gasteiger partial charge in [0, 0.05) is 51.5 Å². The zero-order chi connectivity index (χ0) is 13.8. The van der Waals surface area contributed by atoms with Crippen LogP contribution in [-0.2, 0) is 11.3 Å². The lowest BCUT2D eigenvalue weighted by atomic mass is 10.1. The first-order chi connectivity index (χ1) is 9.83. The highest BCUT2D eigenvalue weighted by Crippen LogP contribution is 2.23. The van der Waals surface area contributed by atoms with Crippen molar-refractivity contribution < 1.29 is 4.74 Å². The molecule has 4 heteroatoms. The molecule has 2 aliphatic rings. The van der Waals surface area contributed by atoms with Crippen molar-refractivity contribution in [2.45, 2.75) is 6.54 Å². The number of hydrogen-bond acceptors (Lipinski definition) is 4. The summed E-state index contributed by atoms with van der Waals surface area (Å²) in [5.74, 6) is 0. The molecule has 0 bridgehead atoms. The molecule has 0 radical (unpaired) electrons. The lowest BCUT2D eigenvalue weighted by molar-refractivity contribution is 0.0342. The molecule has 0 atom stereocenters. The first-order valence-electron chi connectivity index (χ1n) is 7.64. The van der Waals surface area contributed by atoms with Gasteiger partial charge in [-0.15, -0.1) is 0 Å². The Hall–Kier alpha value is -1.10. The molecule has 1 aromatic rings. The number of hydrogen-bond donors (Lipinski definition) is 0. The maximum Gasteiger partial charge on any atom is 0.0594 e. The number of ether oxygens (including phenoxy) is 1. The van der Waals surface area contributed by atoms with E-state index in [0.29, 0.717) is 0 Å². The SMILES string of the molecule is CN1CCN(c2ccccc2CN2CCOCC2)CC1. The summed E-state index contributed by atoms with van der Waals surface area (Å²) in [5, 5.41) is 0. The molecule has 2 saturated heterocycles. The van der Waals surface area contributed by atoms with Crippen LogP contribution in [0.3, 0.4) is 0 Å². The van der Waals surface area contributed by atoms with Crippen LogP contribution in [0.2, 0.25) is 0 Å². The van der Waals surface area contributed by atoms with Gasteiger partial charge in [0.1, 0.15) is 0 Å². The Morgan fingerprint density at radius 3 is 2.40 bits per heavy atom. The lowest BCUT2D eigenvalue weighted by Crippen LogP contribution is -2.45. The van der Waals surface area contributed by atoms with Crippen molar-refractivity contribution in [3.05, 3.63) is 29.8 Å². The predicted octanol–water partition coefficient (Wildman–Crippen LogP) is 1.27. The molecule has 2 heterocycles. The van der Waals surface area contributed by atoms with Crippen molar-refractivity contribution in [2.75, 3.05) is 64.4 Å². The molecule has 4 nitrogen and oxygen atoms in total. The molecule has 0 aromatic heterocycles. The summed E-state index contributed by atoms with van der Waals surface area (Å²) in [6.07, 6.45) is 0. The normalized spacial score (nSPS) is 22.1. The van der Waals surface area contributed by atoms with E-state index in [1.807, 2.05) is 0 Å². The van der Waals surface area contributed by atoms with Crippen LogP contribution in [-0.4, -0.2) is 69.3 Å². The molecule has 0 unspecified atom stereocenters. The molecule has 0 N–H and O–H groups in total. The first kappa shape index (κ1) is 13.9. The molecule has 0 saturated carbocycles. The van der Waals surface area contributed by atoms with Gasteiger partial charge in [-0.25, -0.2) is 0 Å². The largest absolute Gasteiger partial charge is 0.379 e. The number of benzene rings is 1. The summed E-state index contributed by atoms with van der Waals surface area (Å²) in [6, 6.07) is 8.88. The molecule has 3 rings (SSSR count). The summed E-state index contributed by atoms with van der Waals surface area (Å²) < 4.78 is 5.44.